The Morgan fingerprint density at radius 3 is 2.65 bits per heavy atom. The zero-order valence-electron chi connectivity index (χ0n) is 14.5. The van der Waals surface area contributed by atoms with E-state index in [1.807, 2.05) is 33.0 Å². The number of rotatable bonds is 6. The molecule has 0 spiro atoms. The van der Waals surface area contributed by atoms with Gasteiger partial charge >= 0.3 is 0 Å². The molecular weight excluding hydrogens is 290 g/mol. The molecule has 6 nitrogen and oxygen atoms in total. The Morgan fingerprint density at radius 2 is 2.04 bits per heavy atom. The van der Waals surface area contributed by atoms with Gasteiger partial charge in [-0.25, -0.2) is 9.97 Å². The Labute approximate surface area is 137 Å². The van der Waals surface area contributed by atoms with Crippen LogP contribution in [0.4, 0.5) is 5.82 Å². The molecule has 0 fully saturated rings. The average molecular weight is 315 g/mol. The fraction of sp³-hybridized carbons (Fsp3) is 0.529. The van der Waals surface area contributed by atoms with Gasteiger partial charge in [-0.1, -0.05) is 27.7 Å². The first kappa shape index (κ1) is 17.1. The van der Waals surface area contributed by atoms with Gasteiger partial charge in [0, 0.05) is 19.2 Å². The fourth-order valence-corrected chi connectivity index (χ4v) is 2.31. The van der Waals surface area contributed by atoms with Gasteiger partial charge in [0.25, 0.3) is 0 Å². The summed E-state index contributed by atoms with van der Waals surface area (Å²) >= 11 is 0. The number of carbonyl (C=O) groups excluding carboxylic acids is 1. The standard InChI is InChI=1S/C17H25N5O/c1-11(2)8-13-6-7-18-14(9-13)19-16(23)10-15-20-17(12(3)4)21-22(15)5/h6-7,9,11-12H,8,10H2,1-5H3,(H,18,19,23). The van der Waals surface area contributed by atoms with Crippen molar-refractivity contribution in [1.82, 2.24) is 19.7 Å². The molecule has 0 saturated carbocycles. The summed E-state index contributed by atoms with van der Waals surface area (Å²) in [5.41, 5.74) is 1.17. The number of hydrogen-bond acceptors (Lipinski definition) is 4. The molecule has 0 saturated heterocycles. The topological polar surface area (TPSA) is 72.7 Å². The van der Waals surface area contributed by atoms with Gasteiger partial charge in [-0.05, 0) is 30.0 Å². The van der Waals surface area contributed by atoms with Gasteiger partial charge in [0.2, 0.25) is 5.91 Å². The van der Waals surface area contributed by atoms with Crippen molar-refractivity contribution in [3.05, 3.63) is 35.5 Å². The normalized spacial score (nSPS) is 11.3. The van der Waals surface area contributed by atoms with Crippen LogP contribution in [-0.2, 0) is 24.7 Å². The van der Waals surface area contributed by atoms with E-state index in [0.29, 0.717) is 17.6 Å². The molecule has 0 aliphatic rings. The van der Waals surface area contributed by atoms with Crippen molar-refractivity contribution < 1.29 is 4.79 Å². The number of hydrogen-bond donors (Lipinski definition) is 1. The van der Waals surface area contributed by atoms with Gasteiger partial charge in [0.15, 0.2) is 5.82 Å². The Balaban J connectivity index is 2.02. The van der Waals surface area contributed by atoms with Crippen LogP contribution in [0.3, 0.4) is 0 Å². The molecule has 2 aromatic rings. The van der Waals surface area contributed by atoms with E-state index in [1.165, 1.54) is 5.56 Å². The minimum atomic E-state index is -0.134. The highest BCUT2D eigenvalue weighted by Crippen LogP contribution is 2.13. The van der Waals surface area contributed by atoms with Crippen LogP contribution in [0, 0.1) is 5.92 Å². The van der Waals surface area contributed by atoms with E-state index in [-0.39, 0.29) is 18.2 Å². The molecule has 0 aromatic carbocycles. The molecule has 124 valence electrons. The van der Waals surface area contributed by atoms with Crippen molar-refractivity contribution in [2.24, 2.45) is 13.0 Å². The summed E-state index contributed by atoms with van der Waals surface area (Å²) in [5.74, 6) is 2.67. The van der Waals surface area contributed by atoms with Crippen LogP contribution in [0.25, 0.3) is 0 Å². The van der Waals surface area contributed by atoms with Crippen molar-refractivity contribution in [3.8, 4) is 0 Å². The highest BCUT2D eigenvalue weighted by Gasteiger charge is 2.14. The first-order chi connectivity index (χ1) is 10.8. The molecule has 2 rings (SSSR count). The smallest absolute Gasteiger partial charge is 0.233 e. The van der Waals surface area contributed by atoms with E-state index in [2.05, 4.69) is 34.2 Å². The van der Waals surface area contributed by atoms with Gasteiger partial charge in [0.05, 0.1) is 6.42 Å². The average Bonchev–Trinajstić information content (AvgIpc) is 2.80. The van der Waals surface area contributed by atoms with Crippen molar-refractivity contribution in [3.63, 3.8) is 0 Å². The lowest BCUT2D eigenvalue weighted by Gasteiger charge is -2.08. The van der Waals surface area contributed by atoms with Crippen LogP contribution in [0.15, 0.2) is 18.3 Å². The number of nitrogens with zero attached hydrogens (tertiary/aromatic N) is 4. The first-order valence-electron chi connectivity index (χ1n) is 7.99. The quantitative estimate of drug-likeness (QED) is 0.889. The SMILES string of the molecule is CC(C)Cc1ccnc(NC(=O)Cc2nc(C(C)C)nn2C)c1. The third kappa shape index (κ3) is 4.87. The van der Waals surface area contributed by atoms with E-state index >= 15 is 0 Å². The van der Waals surface area contributed by atoms with E-state index < -0.39 is 0 Å². The van der Waals surface area contributed by atoms with Crippen LogP contribution in [0.5, 0.6) is 0 Å². The van der Waals surface area contributed by atoms with Crippen LogP contribution in [0.1, 0.15) is 50.8 Å². The van der Waals surface area contributed by atoms with E-state index in [1.54, 1.807) is 10.9 Å². The number of carbonyl (C=O) groups is 1. The molecule has 1 N–H and O–H groups in total. The summed E-state index contributed by atoms with van der Waals surface area (Å²) < 4.78 is 1.66. The minimum absolute atomic E-state index is 0.134. The zero-order valence-corrected chi connectivity index (χ0v) is 14.5. The maximum Gasteiger partial charge on any atom is 0.233 e. The number of nitrogens with one attached hydrogen (secondary N) is 1. The highest BCUT2D eigenvalue weighted by atomic mass is 16.1. The van der Waals surface area contributed by atoms with Crippen LogP contribution in [0.2, 0.25) is 0 Å². The predicted octanol–water partition coefficient (Wildman–Crippen LogP) is 2.71. The summed E-state index contributed by atoms with van der Waals surface area (Å²) in [5, 5.41) is 7.17. The first-order valence-corrected chi connectivity index (χ1v) is 7.99. The Bertz CT molecular complexity index is 675. The molecule has 0 unspecified atom stereocenters. The second-order valence-corrected chi connectivity index (χ2v) is 6.54. The molecule has 2 aromatic heterocycles. The fourth-order valence-electron chi connectivity index (χ4n) is 2.31. The van der Waals surface area contributed by atoms with Gasteiger partial charge in [-0.3, -0.25) is 9.48 Å². The number of aryl methyl sites for hydroxylation is 1. The number of amides is 1. The highest BCUT2D eigenvalue weighted by molar-refractivity contribution is 5.90. The number of aromatic nitrogens is 4. The monoisotopic (exact) mass is 315 g/mol. The predicted molar refractivity (Wildman–Crippen MR) is 90.2 cm³/mol. The number of pyridine rings is 1. The lowest BCUT2D eigenvalue weighted by molar-refractivity contribution is -0.115. The maximum atomic E-state index is 12.2. The van der Waals surface area contributed by atoms with Crippen LogP contribution >= 0.6 is 0 Å². The molecule has 0 atom stereocenters. The Morgan fingerprint density at radius 1 is 1.30 bits per heavy atom. The van der Waals surface area contributed by atoms with Crippen molar-refractivity contribution in [1.29, 1.82) is 0 Å². The van der Waals surface area contributed by atoms with E-state index in [4.69, 9.17) is 0 Å². The molecule has 0 aliphatic carbocycles. The largest absolute Gasteiger partial charge is 0.310 e. The molecule has 6 heteroatoms. The lowest BCUT2D eigenvalue weighted by Crippen LogP contribution is -2.18. The summed E-state index contributed by atoms with van der Waals surface area (Å²) in [6.07, 6.45) is 2.88. The van der Waals surface area contributed by atoms with Gasteiger partial charge in [-0.2, -0.15) is 5.10 Å². The number of anilines is 1. The second kappa shape index (κ2) is 7.35. The molecule has 23 heavy (non-hydrogen) atoms. The zero-order chi connectivity index (χ0) is 17.0. The lowest BCUT2D eigenvalue weighted by atomic mass is 10.0. The van der Waals surface area contributed by atoms with Gasteiger partial charge in [0.1, 0.15) is 11.6 Å². The van der Waals surface area contributed by atoms with Crippen molar-refractivity contribution >= 4 is 11.7 Å². The Hall–Kier alpha value is -2.24. The van der Waals surface area contributed by atoms with Gasteiger partial charge < -0.3 is 5.32 Å². The molecule has 0 bridgehead atoms. The summed E-state index contributed by atoms with van der Waals surface area (Å²) in [6.45, 7) is 8.39. The third-order valence-corrected chi connectivity index (χ3v) is 3.44. The van der Waals surface area contributed by atoms with E-state index in [0.717, 1.165) is 12.2 Å². The van der Waals surface area contributed by atoms with Crippen LogP contribution in [-0.4, -0.2) is 25.7 Å². The molecule has 1 amide bonds. The molecule has 0 radical (unpaired) electrons. The Kier molecular flexibility index (Phi) is 5.47. The van der Waals surface area contributed by atoms with Crippen LogP contribution < -0.4 is 5.32 Å². The third-order valence-electron chi connectivity index (χ3n) is 3.44. The second-order valence-electron chi connectivity index (χ2n) is 6.54. The van der Waals surface area contributed by atoms with Crippen molar-refractivity contribution in [2.45, 2.75) is 46.5 Å². The van der Waals surface area contributed by atoms with Gasteiger partial charge in [-0.15, -0.1) is 0 Å². The molecule has 0 aliphatic heterocycles. The summed E-state index contributed by atoms with van der Waals surface area (Å²) in [6, 6.07) is 3.90. The summed E-state index contributed by atoms with van der Waals surface area (Å²) in [7, 11) is 1.81. The van der Waals surface area contributed by atoms with Crippen molar-refractivity contribution in [2.75, 3.05) is 5.32 Å². The summed E-state index contributed by atoms with van der Waals surface area (Å²) in [4.78, 5) is 20.8. The maximum absolute atomic E-state index is 12.2. The van der Waals surface area contributed by atoms with E-state index in [9.17, 15) is 4.79 Å². The molecular formula is C17H25N5O. The minimum Gasteiger partial charge on any atom is -0.310 e. The molecule has 2 heterocycles.